The van der Waals surface area contributed by atoms with Crippen LogP contribution in [0.25, 0.3) is 0 Å². The van der Waals surface area contributed by atoms with Gasteiger partial charge in [0.25, 0.3) is 0 Å². The average molecular weight is 217 g/mol. The lowest BCUT2D eigenvalue weighted by molar-refractivity contribution is 0.434. The van der Waals surface area contributed by atoms with Gasteiger partial charge in [0, 0.05) is 18.0 Å². The Morgan fingerprint density at radius 2 is 2.06 bits per heavy atom. The molecule has 0 aromatic carbocycles. The average Bonchev–Trinajstić information content (AvgIpc) is 2.74. The standard InChI is InChI=1S/C12H15N3O/c1-3-15-12(10-6-13-8-14-7-10)11-5-4-9(2)16-11/h4-8,12,15H,3H2,1-2H3. The summed E-state index contributed by atoms with van der Waals surface area (Å²) in [5.41, 5.74) is 1.01. The van der Waals surface area contributed by atoms with E-state index in [4.69, 9.17) is 4.42 Å². The van der Waals surface area contributed by atoms with E-state index in [0.29, 0.717) is 0 Å². The molecule has 0 aliphatic carbocycles. The minimum Gasteiger partial charge on any atom is -0.464 e. The van der Waals surface area contributed by atoms with E-state index in [1.54, 1.807) is 12.4 Å². The van der Waals surface area contributed by atoms with Gasteiger partial charge in [-0.2, -0.15) is 0 Å². The van der Waals surface area contributed by atoms with Crippen LogP contribution in [0.4, 0.5) is 0 Å². The van der Waals surface area contributed by atoms with Crippen molar-refractivity contribution in [2.24, 2.45) is 0 Å². The molecule has 1 unspecified atom stereocenters. The Balaban J connectivity index is 2.31. The van der Waals surface area contributed by atoms with Crippen molar-refractivity contribution in [3.63, 3.8) is 0 Å². The van der Waals surface area contributed by atoms with E-state index in [0.717, 1.165) is 23.6 Å². The normalized spacial score (nSPS) is 12.6. The maximum Gasteiger partial charge on any atom is 0.125 e. The van der Waals surface area contributed by atoms with Crippen LogP contribution >= 0.6 is 0 Å². The first-order valence-electron chi connectivity index (χ1n) is 5.36. The van der Waals surface area contributed by atoms with E-state index >= 15 is 0 Å². The van der Waals surface area contributed by atoms with Gasteiger partial charge >= 0.3 is 0 Å². The topological polar surface area (TPSA) is 51.0 Å². The van der Waals surface area contributed by atoms with Gasteiger partial charge in [-0.15, -0.1) is 0 Å². The van der Waals surface area contributed by atoms with Gasteiger partial charge in [0.2, 0.25) is 0 Å². The van der Waals surface area contributed by atoms with Crippen molar-refractivity contribution in [3.8, 4) is 0 Å². The molecule has 0 aliphatic heterocycles. The van der Waals surface area contributed by atoms with E-state index < -0.39 is 0 Å². The number of rotatable bonds is 4. The molecule has 1 N–H and O–H groups in total. The van der Waals surface area contributed by atoms with Crippen LogP contribution in [0.1, 0.15) is 30.0 Å². The van der Waals surface area contributed by atoms with E-state index in [1.807, 2.05) is 19.1 Å². The number of hydrogen-bond donors (Lipinski definition) is 1. The second-order valence-corrected chi connectivity index (χ2v) is 3.61. The molecular weight excluding hydrogens is 202 g/mol. The van der Waals surface area contributed by atoms with E-state index in [2.05, 4.69) is 22.2 Å². The monoisotopic (exact) mass is 217 g/mol. The number of nitrogens with zero attached hydrogens (tertiary/aromatic N) is 2. The molecule has 0 bridgehead atoms. The zero-order chi connectivity index (χ0) is 11.4. The van der Waals surface area contributed by atoms with Gasteiger partial charge < -0.3 is 9.73 Å². The Bertz CT molecular complexity index is 439. The first-order valence-corrected chi connectivity index (χ1v) is 5.36. The van der Waals surface area contributed by atoms with Crippen LogP contribution in [-0.4, -0.2) is 16.5 Å². The SMILES string of the molecule is CCNC(c1cncnc1)c1ccc(C)o1. The molecule has 4 nitrogen and oxygen atoms in total. The van der Waals surface area contributed by atoms with Gasteiger partial charge in [-0.05, 0) is 25.6 Å². The van der Waals surface area contributed by atoms with Crippen LogP contribution in [0.3, 0.4) is 0 Å². The summed E-state index contributed by atoms with van der Waals surface area (Å²) in [6.45, 7) is 4.86. The highest BCUT2D eigenvalue weighted by molar-refractivity contribution is 5.22. The summed E-state index contributed by atoms with van der Waals surface area (Å²) in [7, 11) is 0. The van der Waals surface area contributed by atoms with Crippen LogP contribution in [0, 0.1) is 6.92 Å². The minimum absolute atomic E-state index is 0.0277. The zero-order valence-corrected chi connectivity index (χ0v) is 9.47. The molecule has 2 aromatic rings. The number of furan rings is 1. The molecule has 0 fully saturated rings. The van der Waals surface area contributed by atoms with Crippen molar-refractivity contribution in [2.75, 3.05) is 6.54 Å². The Morgan fingerprint density at radius 3 is 2.62 bits per heavy atom. The number of aryl methyl sites for hydroxylation is 1. The van der Waals surface area contributed by atoms with Crippen LogP contribution in [0.5, 0.6) is 0 Å². The van der Waals surface area contributed by atoms with E-state index in [-0.39, 0.29) is 6.04 Å². The van der Waals surface area contributed by atoms with Crippen molar-refractivity contribution < 1.29 is 4.42 Å². The third-order valence-corrected chi connectivity index (χ3v) is 2.37. The molecule has 0 amide bonds. The van der Waals surface area contributed by atoms with Crippen molar-refractivity contribution in [1.82, 2.24) is 15.3 Å². The number of aromatic nitrogens is 2. The highest BCUT2D eigenvalue weighted by Crippen LogP contribution is 2.22. The third kappa shape index (κ3) is 2.28. The molecule has 2 aromatic heterocycles. The highest BCUT2D eigenvalue weighted by atomic mass is 16.3. The van der Waals surface area contributed by atoms with Gasteiger partial charge in [-0.1, -0.05) is 6.92 Å². The third-order valence-electron chi connectivity index (χ3n) is 2.37. The van der Waals surface area contributed by atoms with Crippen LogP contribution in [-0.2, 0) is 0 Å². The molecule has 1 atom stereocenters. The van der Waals surface area contributed by atoms with Crippen LogP contribution in [0.2, 0.25) is 0 Å². The Kier molecular flexibility index (Phi) is 3.31. The summed E-state index contributed by atoms with van der Waals surface area (Å²) in [6.07, 6.45) is 5.14. The fourth-order valence-corrected chi connectivity index (χ4v) is 1.66. The molecule has 0 saturated heterocycles. The summed E-state index contributed by atoms with van der Waals surface area (Å²) in [4.78, 5) is 8.05. The lowest BCUT2D eigenvalue weighted by Gasteiger charge is -2.14. The molecular formula is C12H15N3O. The predicted octanol–water partition coefficient (Wildman–Crippen LogP) is 2.08. The van der Waals surface area contributed by atoms with Gasteiger partial charge in [0.05, 0.1) is 6.04 Å². The smallest absolute Gasteiger partial charge is 0.125 e. The van der Waals surface area contributed by atoms with Gasteiger partial charge in [-0.25, -0.2) is 9.97 Å². The zero-order valence-electron chi connectivity index (χ0n) is 9.47. The van der Waals surface area contributed by atoms with E-state index in [1.165, 1.54) is 6.33 Å². The van der Waals surface area contributed by atoms with Crippen molar-refractivity contribution in [2.45, 2.75) is 19.9 Å². The van der Waals surface area contributed by atoms with Gasteiger partial charge in [0.15, 0.2) is 0 Å². The Labute approximate surface area is 94.7 Å². The number of hydrogen-bond acceptors (Lipinski definition) is 4. The van der Waals surface area contributed by atoms with Gasteiger partial charge in [0.1, 0.15) is 17.8 Å². The van der Waals surface area contributed by atoms with Gasteiger partial charge in [-0.3, -0.25) is 0 Å². The lowest BCUT2D eigenvalue weighted by Crippen LogP contribution is -2.21. The van der Waals surface area contributed by atoms with Crippen LogP contribution < -0.4 is 5.32 Å². The summed E-state index contributed by atoms with van der Waals surface area (Å²) in [5, 5.41) is 3.35. The molecule has 2 heterocycles. The first kappa shape index (κ1) is 10.8. The fourth-order valence-electron chi connectivity index (χ4n) is 1.66. The summed E-state index contributed by atoms with van der Waals surface area (Å²) < 4.78 is 5.63. The molecule has 4 heteroatoms. The largest absolute Gasteiger partial charge is 0.464 e. The maximum absolute atomic E-state index is 5.63. The fraction of sp³-hybridized carbons (Fsp3) is 0.333. The van der Waals surface area contributed by atoms with Crippen molar-refractivity contribution in [3.05, 3.63) is 47.9 Å². The summed E-state index contributed by atoms with van der Waals surface area (Å²) in [5.74, 6) is 1.81. The van der Waals surface area contributed by atoms with Crippen molar-refractivity contribution in [1.29, 1.82) is 0 Å². The molecule has 0 spiro atoms. The molecule has 84 valence electrons. The molecule has 0 radical (unpaired) electrons. The summed E-state index contributed by atoms with van der Waals surface area (Å²) in [6, 6.07) is 3.97. The number of nitrogens with one attached hydrogen (secondary N) is 1. The quantitative estimate of drug-likeness (QED) is 0.851. The molecule has 2 rings (SSSR count). The summed E-state index contributed by atoms with van der Waals surface area (Å²) >= 11 is 0. The minimum atomic E-state index is 0.0277. The molecule has 16 heavy (non-hydrogen) atoms. The van der Waals surface area contributed by atoms with E-state index in [9.17, 15) is 0 Å². The second-order valence-electron chi connectivity index (χ2n) is 3.61. The molecule has 0 aliphatic rings. The maximum atomic E-state index is 5.63. The lowest BCUT2D eigenvalue weighted by atomic mass is 10.1. The van der Waals surface area contributed by atoms with Crippen molar-refractivity contribution >= 4 is 0 Å². The Hall–Kier alpha value is -1.68. The predicted molar refractivity (Wildman–Crippen MR) is 61.0 cm³/mol. The van der Waals surface area contributed by atoms with Crippen LogP contribution in [0.15, 0.2) is 35.3 Å². The Morgan fingerprint density at radius 1 is 1.31 bits per heavy atom. The first-order chi connectivity index (χ1) is 7.81. The highest BCUT2D eigenvalue weighted by Gasteiger charge is 2.16. The molecule has 0 saturated carbocycles. The second kappa shape index (κ2) is 4.90.